The van der Waals surface area contributed by atoms with Crippen LogP contribution in [0.4, 0.5) is 4.39 Å². The van der Waals surface area contributed by atoms with Gasteiger partial charge >= 0.3 is 0 Å². The van der Waals surface area contributed by atoms with Crippen LogP contribution in [-0.2, 0) is 11.3 Å². The van der Waals surface area contributed by atoms with Gasteiger partial charge in [0.25, 0.3) is 5.91 Å². The predicted molar refractivity (Wildman–Crippen MR) is 115 cm³/mol. The van der Waals surface area contributed by atoms with Gasteiger partial charge in [-0.15, -0.1) is 0 Å². The summed E-state index contributed by atoms with van der Waals surface area (Å²) in [6, 6.07) is 12.2. The molecule has 0 saturated carbocycles. The first kappa shape index (κ1) is 20.4. The highest BCUT2D eigenvalue weighted by Crippen LogP contribution is 2.32. The molecule has 0 atom stereocenters. The van der Waals surface area contributed by atoms with Crippen LogP contribution in [0.25, 0.3) is 10.9 Å². The van der Waals surface area contributed by atoms with Crippen LogP contribution in [0.1, 0.15) is 34.7 Å². The second-order valence-corrected chi connectivity index (χ2v) is 8.03. The Labute approximate surface area is 179 Å². The smallest absolute Gasteiger partial charge is 0.256 e. The standard InChI is InChI=1S/C23H23ClFN3O2/c1-26-22(29)14-28-13-19(18-7-6-16(24)12-21(18)28)23(30)27-10-8-15(9-11-27)17-4-2-3-5-20(17)25/h2-7,12-13,15H,8-11,14H2,1H3,(H,26,29). The monoisotopic (exact) mass is 427 g/mol. The fourth-order valence-corrected chi connectivity index (χ4v) is 4.34. The first-order chi connectivity index (χ1) is 14.5. The number of piperidine rings is 1. The summed E-state index contributed by atoms with van der Waals surface area (Å²) in [5.41, 5.74) is 2.02. The van der Waals surface area contributed by atoms with Crippen molar-refractivity contribution in [3.63, 3.8) is 0 Å². The van der Waals surface area contributed by atoms with Crippen molar-refractivity contribution in [2.24, 2.45) is 0 Å². The second-order valence-electron chi connectivity index (χ2n) is 7.59. The van der Waals surface area contributed by atoms with E-state index < -0.39 is 0 Å². The van der Waals surface area contributed by atoms with Crippen LogP contribution >= 0.6 is 11.6 Å². The molecule has 3 aromatic rings. The molecule has 2 amide bonds. The Kier molecular flexibility index (Phi) is 5.77. The minimum atomic E-state index is -0.184. The van der Waals surface area contributed by atoms with Crippen LogP contribution in [0.2, 0.25) is 5.02 Å². The maximum absolute atomic E-state index is 14.1. The molecule has 0 radical (unpaired) electrons. The molecule has 5 nitrogen and oxygen atoms in total. The fraction of sp³-hybridized carbons (Fsp3) is 0.304. The highest BCUT2D eigenvalue weighted by atomic mass is 35.5. The molecule has 0 bridgehead atoms. The molecule has 2 heterocycles. The van der Waals surface area contributed by atoms with E-state index in [-0.39, 0.29) is 30.1 Å². The SMILES string of the molecule is CNC(=O)Cn1cc(C(=O)N2CCC(c3ccccc3F)CC2)c2ccc(Cl)cc21. The van der Waals surface area contributed by atoms with E-state index >= 15 is 0 Å². The summed E-state index contributed by atoms with van der Waals surface area (Å²) in [6.07, 6.45) is 3.16. The largest absolute Gasteiger partial charge is 0.358 e. The third-order valence-electron chi connectivity index (χ3n) is 5.79. The lowest BCUT2D eigenvalue weighted by atomic mass is 9.89. The molecular weight excluding hydrogens is 405 g/mol. The van der Waals surface area contributed by atoms with Crippen LogP contribution in [0.15, 0.2) is 48.7 Å². The number of hydrogen-bond donors (Lipinski definition) is 1. The first-order valence-corrected chi connectivity index (χ1v) is 10.4. The summed E-state index contributed by atoms with van der Waals surface area (Å²) >= 11 is 6.15. The van der Waals surface area contributed by atoms with Crippen molar-refractivity contribution in [2.75, 3.05) is 20.1 Å². The molecule has 0 unspecified atom stereocenters. The molecule has 1 aromatic heterocycles. The Balaban J connectivity index is 1.57. The van der Waals surface area contributed by atoms with Gasteiger partial charge in [-0.1, -0.05) is 35.9 Å². The second kappa shape index (κ2) is 8.48. The number of likely N-dealkylation sites (tertiary alicyclic amines) is 1. The molecule has 1 saturated heterocycles. The number of amides is 2. The Morgan fingerprint density at radius 3 is 2.60 bits per heavy atom. The molecule has 0 aliphatic carbocycles. The van der Waals surface area contributed by atoms with Gasteiger partial charge in [0.05, 0.1) is 11.1 Å². The lowest BCUT2D eigenvalue weighted by Crippen LogP contribution is -2.38. The number of nitrogens with one attached hydrogen (secondary N) is 1. The van der Waals surface area contributed by atoms with E-state index in [4.69, 9.17) is 11.6 Å². The highest BCUT2D eigenvalue weighted by molar-refractivity contribution is 6.31. The van der Waals surface area contributed by atoms with E-state index in [1.54, 1.807) is 36.0 Å². The van der Waals surface area contributed by atoms with Gasteiger partial charge in [0.2, 0.25) is 5.91 Å². The summed E-state index contributed by atoms with van der Waals surface area (Å²) in [5.74, 6) is -0.304. The third kappa shape index (κ3) is 3.92. The van der Waals surface area contributed by atoms with Crippen LogP contribution in [0.5, 0.6) is 0 Å². The number of halogens is 2. The van der Waals surface area contributed by atoms with E-state index in [2.05, 4.69) is 5.32 Å². The number of hydrogen-bond acceptors (Lipinski definition) is 2. The topological polar surface area (TPSA) is 54.3 Å². The summed E-state index contributed by atoms with van der Waals surface area (Å²) < 4.78 is 15.9. The molecule has 1 aliphatic rings. The predicted octanol–water partition coefficient (Wildman–Crippen LogP) is 4.20. The number of likely N-dealkylation sites (N-methyl/N-ethyl adjacent to an activating group) is 1. The molecule has 1 aliphatic heterocycles. The fourth-order valence-electron chi connectivity index (χ4n) is 4.17. The van der Waals surface area contributed by atoms with E-state index in [0.29, 0.717) is 23.7 Å². The Morgan fingerprint density at radius 1 is 1.17 bits per heavy atom. The number of benzene rings is 2. The lowest BCUT2D eigenvalue weighted by Gasteiger charge is -2.32. The van der Waals surface area contributed by atoms with E-state index in [0.717, 1.165) is 29.3 Å². The number of fused-ring (bicyclic) bond motifs is 1. The van der Waals surface area contributed by atoms with E-state index in [1.165, 1.54) is 6.07 Å². The maximum Gasteiger partial charge on any atom is 0.256 e. The minimum absolute atomic E-state index is 0.0787. The third-order valence-corrected chi connectivity index (χ3v) is 6.03. The Morgan fingerprint density at radius 2 is 1.90 bits per heavy atom. The number of carbonyl (C=O) groups is 2. The average Bonchev–Trinajstić information content (AvgIpc) is 3.11. The van der Waals surface area contributed by atoms with Crippen LogP contribution in [-0.4, -0.2) is 41.4 Å². The maximum atomic E-state index is 14.1. The summed E-state index contributed by atoms with van der Waals surface area (Å²) in [5, 5.41) is 3.91. The van der Waals surface area contributed by atoms with E-state index in [1.807, 2.05) is 23.1 Å². The highest BCUT2D eigenvalue weighted by Gasteiger charge is 2.28. The van der Waals surface area contributed by atoms with Gasteiger partial charge < -0.3 is 14.8 Å². The van der Waals surface area contributed by atoms with Gasteiger partial charge in [0.1, 0.15) is 12.4 Å². The number of aromatic nitrogens is 1. The van der Waals surface area contributed by atoms with Crippen molar-refractivity contribution in [1.82, 2.24) is 14.8 Å². The summed E-state index contributed by atoms with van der Waals surface area (Å²) in [7, 11) is 1.58. The van der Waals surface area contributed by atoms with E-state index in [9.17, 15) is 14.0 Å². The van der Waals surface area contributed by atoms with Gasteiger partial charge in [0.15, 0.2) is 0 Å². The van der Waals surface area contributed by atoms with Gasteiger partial charge in [-0.25, -0.2) is 4.39 Å². The molecule has 1 fully saturated rings. The normalized spacial score (nSPS) is 14.8. The molecule has 4 rings (SSSR count). The van der Waals surface area contributed by atoms with Crippen LogP contribution in [0, 0.1) is 5.82 Å². The van der Waals surface area contributed by atoms with Crippen molar-refractivity contribution < 1.29 is 14.0 Å². The summed E-state index contributed by atoms with van der Waals surface area (Å²) in [6.45, 7) is 1.23. The zero-order valence-electron chi connectivity index (χ0n) is 16.7. The number of carbonyl (C=O) groups excluding carboxylic acids is 2. The lowest BCUT2D eigenvalue weighted by molar-refractivity contribution is -0.121. The first-order valence-electron chi connectivity index (χ1n) is 10.0. The molecule has 7 heteroatoms. The average molecular weight is 428 g/mol. The van der Waals surface area contributed by atoms with Gasteiger partial charge in [0, 0.05) is 36.7 Å². The van der Waals surface area contributed by atoms with Gasteiger partial charge in [-0.05, 0) is 42.5 Å². The van der Waals surface area contributed by atoms with Gasteiger partial charge in [-0.2, -0.15) is 0 Å². The van der Waals surface area contributed by atoms with Crippen LogP contribution in [0.3, 0.4) is 0 Å². The van der Waals surface area contributed by atoms with Crippen molar-refractivity contribution in [3.05, 3.63) is 70.6 Å². The Bertz CT molecular complexity index is 1100. The molecule has 1 N–H and O–H groups in total. The minimum Gasteiger partial charge on any atom is -0.358 e. The van der Waals surface area contributed by atoms with Gasteiger partial charge in [-0.3, -0.25) is 9.59 Å². The van der Waals surface area contributed by atoms with Crippen molar-refractivity contribution in [3.8, 4) is 0 Å². The number of nitrogens with zero attached hydrogens (tertiary/aromatic N) is 2. The zero-order valence-corrected chi connectivity index (χ0v) is 17.5. The van der Waals surface area contributed by atoms with Crippen molar-refractivity contribution in [1.29, 1.82) is 0 Å². The quantitative estimate of drug-likeness (QED) is 0.678. The zero-order chi connectivity index (χ0) is 21.3. The number of rotatable bonds is 4. The summed E-state index contributed by atoms with van der Waals surface area (Å²) in [4.78, 5) is 27.0. The molecule has 2 aromatic carbocycles. The molecule has 156 valence electrons. The molecule has 0 spiro atoms. The molecule has 30 heavy (non-hydrogen) atoms. The van der Waals surface area contributed by atoms with Crippen molar-refractivity contribution >= 4 is 34.3 Å². The van der Waals surface area contributed by atoms with Crippen LogP contribution < -0.4 is 5.32 Å². The Hall–Kier alpha value is -2.86. The van der Waals surface area contributed by atoms with Crippen molar-refractivity contribution in [2.45, 2.75) is 25.3 Å². The molecular formula is C23H23ClFN3O2.